The maximum atomic E-state index is 13.0. The molecule has 0 unspecified atom stereocenters. The molecular formula is C25H30N4O3S2. The third-order valence-corrected chi connectivity index (χ3v) is 8.53. The zero-order valence-corrected chi connectivity index (χ0v) is 21.0. The van der Waals surface area contributed by atoms with E-state index in [9.17, 15) is 9.90 Å². The van der Waals surface area contributed by atoms with E-state index in [0.29, 0.717) is 37.1 Å². The molecule has 0 radical (unpaired) electrons. The van der Waals surface area contributed by atoms with Gasteiger partial charge in [0.25, 0.3) is 5.91 Å². The van der Waals surface area contributed by atoms with Crippen LogP contribution < -0.4 is 0 Å². The van der Waals surface area contributed by atoms with Crippen molar-refractivity contribution in [2.75, 3.05) is 32.6 Å². The van der Waals surface area contributed by atoms with Gasteiger partial charge in [0.2, 0.25) is 0 Å². The number of aliphatic hydroxyl groups is 1. The highest BCUT2D eigenvalue weighted by Crippen LogP contribution is 2.36. The summed E-state index contributed by atoms with van der Waals surface area (Å²) in [5.74, 6) is 2.22. The molecule has 5 rings (SSSR count). The molecule has 0 spiro atoms. The number of carbonyl (C=O) groups is 1. The number of hydrogen-bond acceptors (Lipinski definition) is 8. The Kier molecular flexibility index (Phi) is 7.43. The second-order valence-corrected chi connectivity index (χ2v) is 11.2. The number of amides is 1. The molecule has 3 aromatic rings. The van der Waals surface area contributed by atoms with Gasteiger partial charge in [-0.3, -0.25) is 4.79 Å². The molecule has 2 aromatic heterocycles. The standard InChI is InChI=1S/C25H30N4O3S2/c1-33-20-12-26-23(27-13-20)9-16-2-3-17(8-16)10-24-28-21-5-4-18(11-22(21)34-24)25(31)29-6-7-32-19(14-29)15-30/h4-5,11-13,16-17,19,30H,2-3,6-10,14-15H2,1H3/t16-,17-,19+/m0/s1. The van der Waals surface area contributed by atoms with E-state index in [4.69, 9.17) is 9.72 Å². The van der Waals surface area contributed by atoms with Gasteiger partial charge in [-0.05, 0) is 55.6 Å². The molecule has 1 saturated heterocycles. The quantitative estimate of drug-likeness (QED) is 0.495. The summed E-state index contributed by atoms with van der Waals surface area (Å²) >= 11 is 3.37. The van der Waals surface area contributed by atoms with Crippen LogP contribution in [-0.4, -0.2) is 69.5 Å². The molecule has 180 valence electrons. The van der Waals surface area contributed by atoms with E-state index in [0.717, 1.165) is 38.8 Å². The molecule has 1 amide bonds. The van der Waals surface area contributed by atoms with Gasteiger partial charge in [-0.25, -0.2) is 15.0 Å². The predicted molar refractivity (Wildman–Crippen MR) is 134 cm³/mol. The summed E-state index contributed by atoms with van der Waals surface area (Å²) < 4.78 is 6.53. The minimum Gasteiger partial charge on any atom is -0.394 e. The number of thiazole rings is 1. The SMILES string of the molecule is CSc1cnc(C[C@H]2CC[C@H](Cc3nc4ccc(C(=O)N5CCO[C@@H](CO)C5)cc4s3)C2)nc1. The lowest BCUT2D eigenvalue weighted by Crippen LogP contribution is -2.46. The van der Waals surface area contributed by atoms with Gasteiger partial charge in [-0.1, -0.05) is 0 Å². The third kappa shape index (κ3) is 5.43. The van der Waals surface area contributed by atoms with Crippen LogP contribution in [0.4, 0.5) is 0 Å². The molecule has 1 aromatic carbocycles. The zero-order valence-electron chi connectivity index (χ0n) is 19.4. The van der Waals surface area contributed by atoms with Crippen molar-refractivity contribution < 1.29 is 14.6 Å². The second kappa shape index (κ2) is 10.7. The van der Waals surface area contributed by atoms with Gasteiger partial charge >= 0.3 is 0 Å². The van der Waals surface area contributed by atoms with Gasteiger partial charge in [0.05, 0.1) is 34.5 Å². The van der Waals surface area contributed by atoms with Crippen LogP contribution in [0.15, 0.2) is 35.5 Å². The third-order valence-electron chi connectivity index (χ3n) is 6.81. The predicted octanol–water partition coefficient (Wildman–Crippen LogP) is 3.84. The highest BCUT2D eigenvalue weighted by molar-refractivity contribution is 7.98. The van der Waals surface area contributed by atoms with Crippen LogP contribution in [-0.2, 0) is 17.6 Å². The summed E-state index contributed by atoms with van der Waals surface area (Å²) in [4.78, 5) is 29.7. The van der Waals surface area contributed by atoms with Gasteiger partial charge < -0.3 is 14.7 Å². The van der Waals surface area contributed by atoms with Gasteiger partial charge in [0.1, 0.15) is 5.82 Å². The zero-order chi connectivity index (χ0) is 23.5. The van der Waals surface area contributed by atoms with Crippen LogP contribution in [0, 0.1) is 11.8 Å². The largest absolute Gasteiger partial charge is 0.394 e. The molecule has 7 nitrogen and oxygen atoms in total. The van der Waals surface area contributed by atoms with Crippen molar-refractivity contribution in [1.29, 1.82) is 0 Å². The van der Waals surface area contributed by atoms with E-state index in [1.54, 1.807) is 28.0 Å². The average molecular weight is 499 g/mol. The van der Waals surface area contributed by atoms with E-state index < -0.39 is 0 Å². The molecule has 0 bridgehead atoms. The Morgan fingerprint density at radius 1 is 1.24 bits per heavy atom. The Balaban J connectivity index is 1.20. The van der Waals surface area contributed by atoms with E-state index in [1.807, 2.05) is 36.8 Å². The normalized spacial score (nSPS) is 23.0. The number of hydrogen-bond donors (Lipinski definition) is 1. The van der Waals surface area contributed by atoms with Gasteiger partial charge in [0, 0.05) is 48.8 Å². The first kappa shape index (κ1) is 23.7. The van der Waals surface area contributed by atoms with Crippen LogP contribution in [0.2, 0.25) is 0 Å². The number of benzene rings is 1. The maximum Gasteiger partial charge on any atom is 0.254 e. The molecule has 1 N–H and O–H groups in total. The van der Waals surface area contributed by atoms with Crippen molar-refractivity contribution in [2.24, 2.45) is 11.8 Å². The Morgan fingerprint density at radius 2 is 2.03 bits per heavy atom. The molecule has 3 atom stereocenters. The summed E-state index contributed by atoms with van der Waals surface area (Å²) in [5, 5.41) is 10.5. The monoisotopic (exact) mass is 498 g/mol. The average Bonchev–Trinajstić information content (AvgIpc) is 3.49. The Morgan fingerprint density at radius 3 is 2.79 bits per heavy atom. The molecule has 1 aliphatic carbocycles. The number of morpholine rings is 1. The maximum absolute atomic E-state index is 13.0. The minimum atomic E-state index is -0.298. The summed E-state index contributed by atoms with van der Waals surface area (Å²) in [6.07, 6.45) is 11.2. The first-order valence-electron chi connectivity index (χ1n) is 11.9. The molecule has 1 saturated carbocycles. The highest BCUT2D eigenvalue weighted by Gasteiger charge is 2.27. The van der Waals surface area contributed by atoms with Gasteiger partial charge in [-0.15, -0.1) is 23.1 Å². The first-order valence-corrected chi connectivity index (χ1v) is 13.9. The summed E-state index contributed by atoms with van der Waals surface area (Å²) in [5.41, 5.74) is 1.64. The summed E-state index contributed by atoms with van der Waals surface area (Å²) in [7, 11) is 0. The topological polar surface area (TPSA) is 88.4 Å². The number of rotatable bonds is 7. The van der Waals surface area contributed by atoms with Crippen molar-refractivity contribution >= 4 is 39.2 Å². The fraction of sp³-hybridized carbons (Fsp3) is 0.520. The van der Waals surface area contributed by atoms with Crippen molar-refractivity contribution in [2.45, 2.75) is 43.1 Å². The van der Waals surface area contributed by atoms with Crippen LogP contribution in [0.3, 0.4) is 0 Å². The Bertz CT molecular complexity index is 1140. The summed E-state index contributed by atoms with van der Waals surface area (Å²) in [6, 6.07) is 5.79. The molecule has 34 heavy (non-hydrogen) atoms. The lowest BCUT2D eigenvalue weighted by Gasteiger charge is -2.32. The lowest BCUT2D eigenvalue weighted by molar-refractivity contribution is -0.0447. The number of carbonyl (C=O) groups excluding carboxylic acids is 1. The van der Waals surface area contributed by atoms with Crippen LogP contribution >= 0.6 is 23.1 Å². The van der Waals surface area contributed by atoms with Crippen molar-refractivity contribution in [3.63, 3.8) is 0 Å². The molecule has 2 aliphatic rings. The van der Waals surface area contributed by atoms with E-state index in [2.05, 4.69) is 9.97 Å². The highest BCUT2D eigenvalue weighted by atomic mass is 32.2. The number of nitrogens with zero attached hydrogens (tertiary/aromatic N) is 4. The Hall–Kier alpha value is -2.07. The molecule has 3 heterocycles. The Labute approximate surface area is 208 Å². The number of aromatic nitrogens is 3. The minimum absolute atomic E-state index is 0.00924. The van der Waals surface area contributed by atoms with E-state index in [1.165, 1.54) is 19.3 Å². The molecule has 9 heteroatoms. The van der Waals surface area contributed by atoms with Crippen molar-refractivity contribution in [1.82, 2.24) is 19.9 Å². The first-order chi connectivity index (χ1) is 16.6. The molecule has 2 fully saturated rings. The fourth-order valence-electron chi connectivity index (χ4n) is 5.00. The fourth-order valence-corrected chi connectivity index (χ4v) is 6.43. The van der Waals surface area contributed by atoms with Crippen molar-refractivity contribution in [3.05, 3.63) is 47.0 Å². The van der Waals surface area contributed by atoms with Crippen molar-refractivity contribution in [3.8, 4) is 0 Å². The number of ether oxygens (including phenoxy) is 1. The summed E-state index contributed by atoms with van der Waals surface area (Å²) in [6.45, 7) is 1.37. The number of thioether (sulfide) groups is 1. The van der Waals surface area contributed by atoms with E-state index >= 15 is 0 Å². The van der Waals surface area contributed by atoms with Gasteiger partial charge in [0.15, 0.2) is 0 Å². The molecular weight excluding hydrogens is 468 g/mol. The lowest BCUT2D eigenvalue weighted by atomic mass is 9.99. The number of aliphatic hydroxyl groups excluding tert-OH is 1. The second-order valence-electron chi connectivity index (χ2n) is 9.21. The van der Waals surface area contributed by atoms with Crippen LogP contribution in [0.5, 0.6) is 0 Å². The molecule has 1 aliphatic heterocycles. The smallest absolute Gasteiger partial charge is 0.254 e. The van der Waals surface area contributed by atoms with E-state index in [-0.39, 0.29) is 18.6 Å². The number of fused-ring (bicyclic) bond motifs is 1. The van der Waals surface area contributed by atoms with Gasteiger partial charge in [-0.2, -0.15) is 0 Å². The van der Waals surface area contributed by atoms with Crippen LogP contribution in [0.25, 0.3) is 10.2 Å². The van der Waals surface area contributed by atoms with Crippen LogP contribution in [0.1, 0.15) is 40.5 Å².